The Morgan fingerprint density at radius 1 is 0.559 bits per heavy atom. The predicted molar refractivity (Wildman–Crippen MR) is 120 cm³/mol. The number of aromatic nitrogens is 1. The fourth-order valence-corrected chi connectivity index (χ4v) is 3.96. The van der Waals surface area contributed by atoms with Crippen LogP contribution in [0.4, 0.5) is 26.3 Å². The van der Waals surface area contributed by atoms with Crippen LogP contribution in [0.5, 0.6) is 0 Å². The molecular formula is C27H19F6N. The van der Waals surface area contributed by atoms with Crippen LogP contribution < -0.4 is 0 Å². The molecule has 0 N–H and O–H groups in total. The Balaban J connectivity index is 1.75. The quantitative estimate of drug-likeness (QED) is 0.272. The van der Waals surface area contributed by atoms with E-state index in [4.69, 9.17) is 0 Å². The third kappa shape index (κ3) is 4.83. The molecule has 0 aliphatic heterocycles. The van der Waals surface area contributed by atoms with E-state index in [1.54, 1.807) is 24.4 Å². The van der Waals surface area contributed by atoms with Gasteiger partial charge in [0.1, 0.15) is 0 Å². The largest absolute Gasteiger partial charge is 0.416 e. The second kappa shape index (κ2) is 8.63. The van der Waals surface area contributed by atoms with Crippen LogP contribution in [0.25, 0.3) is 33.5 Å². The van der Waals surface area contributed by atoms with Crippen LogP contribution in [0.15, 0.2) is 79.0 Å². The molecule has 1 heterocycles. The fourth-order valence-electron chi connectivity index (χ4n) is 3.96. The van der Waals surface area contributed by atoms with Crippen molar-refractivity contribution < 1.29 is 26.3 Å². The Bertz CT molecular complexity index is 1280. The number of hydrogen-bond acceptors (Lipinski definition) is 1. The third-order valence-electron chi connectivity index (χ3n) is 5.61. The standard InChI is InChI=1S/C27H19F6N/c1-16-5-3-6-17(2)25(16)20-9-10-24(34-15-20)19-8-4-7-18(11-19)21-12-22(26(28,29)30)14-23(13-21)27(31,32)33/h3-15H,1-2H3. The Kier molecular flexibility index (Phi) is 5.98. The Hall–Kier alpha value is -3.61. The second-order valence-electron chi connectivity index (χ2n) is 8.07. The molecule has 0 saturated heterocycles. The normalized spacial score (nSPS) is 12.1. The van der Waals surface area contributed by atoms with Crippen molar-refractivity contribution in [3.8, 4) is 33.5 Å². The molecule has 0 bridgehead atoms. The van der Waals surface area contributed by atoms with Crippen LogP contribution in [-0.2, 0) is 12.4 Å². The van der Waals surface area contributed by atoms with E-state index in [2.05, 4.69) is 4.98 Å². The van der Waals surface area contributed by atoms with Gasteiger partial charge in [-0.3, -0.25) is 4.98 Å². The minimum Gasteiger partial charge on any atom is -0.256 e. The summed E-state index contributed by atoms with van der Waals surface area (Å²) in [6.07, 6.45) is -8.10. The first-order valence-electron chi connectivity index (χ1n) is 10.4. The van der Waals surface area contributed by atoms with E-state index < -0.39 is 23.5 Å². The number of rotatable bonds is 3. The molecule has 3 aromatic carbocycles. The smallest absolute Gasteiger partial charge is 0.256 e. The van der Waals surface area contributed by atoms with Crippen LogP contribution >= 0.6 is 0 Å². The number of pyridine rings is 1. The summed E-state index contributed by atoms with van der Waals surface area (Å²) in [5.41, 5.74) is 2.69. The van der Waals surface area contributed by atoms with Gasteiger partial charge in [-0.2, -0.15) is 26.3 Å². The van der Waals surface area contributed by atoms with Crippen molar-refractivity contribution in [2.24, 2.45) is 0 Å². The molecule has 0 unspecified atom stereocenters. The maximum atomic E-state index is 13.3. The molecule has 0 amide bonds. The van der Waals surface area contributed by atoms with E-state index in [0.29, 0.717) is 11.3 Å². The average Bonchev–Trinajstić information content (AvgIpc) is 2.78. The number of alkyl halides is 6. The zero-order valence-electron chi connectivity index (χ0n) is 18.2. The Labute approximate surface area is 192 Å². The average molecular weight is 471 g/mol. The van der Waals surface area contributed by atoms with Crippen molar-refractivity contribution in [3.63, 3.8) is 0 Å². The molecule has 174 valence electrons. The van der Waals surface area contributed by atoms with Gasteiger partial charge in [-0.15, -0.1) is 0 Å². The predicted octanol–water partition coefficient (Wildman–Crippen LogP) is 8.74. The van der Waals surface area contributed by atoms with Crippen LogP contribution in [0.1, 0.15) is 22.3 Å². The van der Waals surface area contributed by atoms with Crippen molar-refractivity contribution in [2.45, 2.75) is 26.2 Å². The maximum Gasteiger partial charge on any atom is 0.416 e. The first-order valence-corrected chi connectivity index (χ1v) is 10.4. The van der Waals surface area contributed by atoms with Gasteiger partial charge >= 0.3 is 12.4 Å². The van der Waals surface area contributed by atoms with Crippen LogP contribution in [0.3, 0.4) is 0 Å². The summed E-state index contributed by atoms with van der Waals surface area (Å²) in [7, 11) is 0. The van der Waals surface area contributed by atoms with Gasteiger partial charge in [-0.1, -0.05) is 42.5 Å². The van der Waals surface area contributed by atoms with Gasteiger partial charge in [-0.05, 0) is 72.0 Å². The van der Waals surface area contributed by atoms with Crippen molar-refractivity contribution >= 4 is 0 Å². The summed E-state index contributed by atoms with van der Waals surface area (Å²) in [6, 6.07) is 17.6. The van der Waals surface area contributed by atoms with Gasteiger partial charge in [-0.25, -0.2) is 0 Å². The first-order chi connectivity index (χ1) is 15.9. The number of hydrogen-bond donors (Lipinski definition) is 0. The highest BCUT2D eigenvalue weighted by Crippen LogP contribution is 2.39. The van der Waals surface area contributed by atoms with Crippen molar-refractivity contribution in [3.05, 3.63) is 101 Å². The fraction of sp³-hybridized carbons (Fsp3) is 0.148. The molecule has 4 aromatic rings. The van der Waals surface area contributed by atoms with Crippen molar-refractivity contribution in [2.75, 3.05) is 0 Å². The van der Waals surface area contributed by atoms with E-state index in [0.717, 1.165) is 34.4 Å². The molecule has 4 rings (SSSR count). The minimum absolute atomic E-state index is 0.126. The van der Waals surface area contributed by atoms with Crippen LogP contribution in [0.2, 0.25) is 0 Å². The molecule has 7 heteroatoms. The van der Waals surface area contributed by atoms with E-state index in [9.17, 15) is 26.3 Å². The highest BCUT2D eigenvalue weighted by molar-refractivity contribution is 5.75. The van der Waals surface area contributed by atoms with Gasteiger partial charge in [0.2, 0.25) is 0 Å². The number of halogens is 6. The van der Waals surface area contributed by atoms with E-state index in [1.807, 2.05) is 38.1 Å². The Morgan fingerprint density at radius 3 is 1.65 bits per heavy atom. The summed E-state index contributed by atoms with van der Waals surface area (Å²) in [5.74, 6) is 0. The summed E-state index contributed by atoms with van der Waals surface area (Å²) >= 11 is 0. The number of benzene rings is 3. The van der Waals surface area contributed by atoms with Gasteiger partial charge in [0, 0.05) is 17.3 Å². The summed E-state index contributed by atoms with van der Waals surface area (Å²) in [5, 5.41) is 0. The number of nitrogens with zero attached hydrogens (tertiary/aromatic N) is 1. The van der Waals surface area contributed by atoms with E-state index in [-0.39, 0.29) is 17.2 Å². The molecule has 0 atom stereocenters. The molecule has 0 spiro atoms. The molecule has 0 fully saturated rings. The van der Waals surface area contributed by atoms with Crippen molar-refractivity contribution in [1.29, 1.82) is 0 Å². The topological polar surface area (TPSA) is 12.9 Å². The monoisotopic (exact) mass is 471 g/mol. The van der Waals surface area contributed by atoms with Gasteiger partial charge in [0.05, 0.1) is 16.8 Å². The molecule has 34 heavy (non-hydrogen) atoms. The molecule has 0 radical (unpaired) electrons. The third-order valence-corrected chi connectivity index (χ3v) is 5.61. The van der Waals surface area contributed by atoms with Crippen molar-refractivity contribution in [1.82, 2.24) is 4.98 Å². The summed E-state index contributed by atoms with van der Waals surface area (Å²) < 4.78 is 79.5. The van der Waals surface area contributed by atoms with E-state index >= 15 is 0 Å². The molecular weight excluding hydrogens is 452 g/mol. The van der Waals surface area contributed by atoms with Crippen LogP contribution in [-0.4, -0.2) is 4.98 Å². The van der Waals surface area contributed by atoms with Gasteiger partial charge in [0.15, 0.2) is 0 Å². The number of aryl methyl sites for hydroxylation is 2. The highest BCUT2D eigenvalue weighted by atomic mass is 19.4. The lowest BCUT2D eigenvalue weighted by Gasteiger charge is -2.15. The Morgan fingerprint density at radius 2 is 1.12 bits per heavy atom. The summed E-state index contributed by atoms with van der Waals surface area (Å²) in [6.45, 7) is 4.01. The lowest BCUT2D eigenvalue weighted by Crippen LogP contribution is -2.11. The SMILES string of the molecule is Cc1cccc(C)c1-c1ccc(-c2cccc(-c3cc(C(F)(F)F)cc(C(F)(F)F)c3)c2)nc1. The molecule has 0 saturated carbocycles. The minimum atomic E-state index is -4.90. The first kappa shape index (κ1) is 23.5. The van der Waals surface area contributed by atoms with Gasteiger partial charge in [0.25, 0.3) is 0 Å². The molecule has 0 aliphatic rings. The summed E-state index contributed by atoms with van der Waals surface area (Å²) in [4.78, 5) is 4.50. The molecule has 1 nitrogen and oxygen atoms in total. The van der Waals surface area contributed by atoms with E-state index in [1.165, 1.54) is 12.1 Å². The lowest BCUT2D eigenvalue weighted by atomic mass is 9.95. The zero-order chi connectivity index (χ0) is 24.7. The van der Waals surface area contributed by atoms with Gasteiger partial charge < -0.3 is 0 Å². The lowest BCUT2D eigenvalue weighted by molar-refractivity contribution is -0.143. The zero-order valence-corrected chi connectivity index (χ0v) is 18.2. The highest BCUT2D eigenvalue weighted by Gasteiger charge is 2.37. The molecule has 1 aromatic heterocycles. The van der Waals surface area contributed by atoms with Crippen LogP contribution in [0, 0.1) is 13.8 Å². The maximum absolute atomic E-state index is 13.3. The second-order valence-corrected chi connectivity index (χ2v) is 8.07. The molecule has 0 aliphatic carbocycles.